The monoisotopic (exact) mass is 351 g/mol. The van der Waals surface area contributed by atoms with E-state index in [1.165, 1.54) is 11.1 Å². The van der Waals surface area contributed by atoms with E-state index in [9.17, 15) is 9.59 Å². The average molecular weight is 351 g/mol. The molecule has 0 aliphatic carbocycles. The zero-order valence-electron chi connectivity index (χ0n) is 14.9. The number of nitrogens with one attached hydrogen (secondary N) is 2. The Labute approximate surface area is 154 Å². The molecule has 0 atom stereocenters. The molecule has 1 aliphatic heterocycles. The van der Waals surface area contributed by atoms with E-state index in [4.69, 9.17) is 0 Å². The van der Waals surface area contributed by atoms with Crippen molar-refractivity contribution in [1.29, 1.82) is 0 Å². The van der Waals surface area contributed by atoms with Gasteiger partial charge in [-0.2, -0.15) is 0 Å². The Hall–Kier alpha value is -2.82. The molecule has 0 radical (unpaired) electrons. The number of hydrogen-bond acceptors (Lipinski definition) is 2. The van der Waals surface area contributed by atoms with Crippen molar-refractivity contribution in [3.8, 4) is 0 Å². The lowest BCUT2D eigenvalue weighted by atomic mass is 9.88. The van der Waals surface area contributed by atoms with Gasteiger partial charge in [0.25, 0.3) is 0 Å². The number of urea groups is 1. The van der Waals surface area contributed by atoms with Gasteiger partial charge < -0.3 is 15.5 Å². The van der Waals surface area contributed by atoms with Crippen LogP contribution in [0, 0.1) is 0 Å². The van der Waals surface area contributed by atoms with Gasteiger partial charge in [0.15, 0.2) is 0 Å². The van der Waals surface area contributed by atoms with Crippen LogP contribution in [-0.4, -0.2) is 43.0 Å². The lowest BCUT2D eigenvalue weighted by molar-refractivity contribution is -0.120. The van der Waals surface area contributed by atoms with E-state index in [2.05, 4.69) is 34.9 Å². The molecule has 3 rings (SSSR count). The molecule has 136 valence electrons. The van der Waals surface area contributed by atoms with Gasteiger partial charge in [0.05, 0.1) is 0 Å². The zero-order chi connectivity index (χ0) is 18.2. The molecule has 1 heterocycles. The summed E-state index contributed by atoms with van der Waals surface area (Å²) in [4.78, 5) is 25.5. The molecule has 1 aliphatic rings. The molecule has 5 nitrogen and oxygen atoms in total. The molecular formula is C21H25N3O2. The number of carbonyl (C=O) groups excluding carboxylic acids is 2. The van der Waals surface area contributed by atoms with Gasteiger partial charge in [-0.05, 0) is 17.5 Å². The van der Waals surface area contributed by atoms with Crippen molar-refractivity contribution >= 4 is 11.9 Å². The second kappa shape index (κ2) is 9.04. The molecule has 2 N–H and O–H groups in total. The molecule has 1 saturated heterocycles. The predicted octanol–water partition coefficient (Wildman–Crippen LogP) is 2.74. The third-order valence-electron chi connectivity index (χ3n) is 4.71. The molecule has 0 aromatic heterocycles. The Balaban J connectivity index is 1.60. The number of amides is 3. The Morgan fingerprint density at radius 2 is 1.62 bits per heavy atom. The van der Waals surface area contributed by atoms with Crippen molar-refractivity contribution in [2.75, 3.05) is 26.2 Å². The van der Waals surface area contributed by atoms with Crippen LogP contribution in [0.4, 0.5) is 4.79 Å². The summed E-state index contributed by atoms with van der Waals surface area (Å²) in [7, 11) is 0. The van der Waals surface area contributed by atoms with Gasteiger partial charge in [0, 0.05) is 38.5 Å². The first-order chi connectivity index (χ1) is 12.7. The fraction of sp³-hybridized carbons (Fsp3) is 0.333. The summed E-state index contributed by atoms with van der Waals surface area (Å²) in [6.07, 6.45) is 1.19. The van der Waals surface area contributed by atoms with Crippen LogP contribution >= 0.6 is 0 Å². The highest BCUT2D eigenvalue weighted by Crippen LogP contribution is 2.27. The summed E-state index contributed by atoms with van der Waals surface area (Å²) in [5.41, 5.74) is 2.50. The summed E-state index contributed by atoms with van der Waals surface area (Å²) >= 11 is 0. The largest absolute Gasteiger partial charge is 0.354 e. The highest BCUT2D eigenvalue weighted by atomic mass is 16.2. The molecule has 26 heavy (non-hydrogen) atoms. The van der Waals surface area contributed by atoms with Gasteiger partial charge in [0.2, 0.25) is 5.91 Å². The number of hydrogen-bond donors (Lipinski definition) is 2. The van der Waals surface area contributed by atoms with Crippen LogP contribution in [0.15, 0.2) is 60.7 Å². The standard InChI is InChI=1S/C21H25N3O2/c25-20-12-15-24(16-14-22-20)21(26)23-13-11-19(17-7-3-1-4-8-17)18-9-5-2-6-10-18/h1-10,19H,11-16H2,(H,22,25)(H,23,26). The molecule has 2 aromatic rings. The van der Waals surface area contributed by atoms with Crippen LogP contribution in [0.2, 0.25) is 0 Å². The van der Waals surface area contributed by atoms with Gasteiger partial charge in [0.1, 0.15) is 0 Å². The molecule has 3 amide bonds. The van der Waals surface area contributed by atoms with Crippen LogP contribution in [0.3, 0.4) is 0 Å². The predicted molar refractivity (Wildman–Crippen MR) is 102 cm³/mol. The van der Waals surface area contributed by atoms with Gasteiger partial charge >= 0.3 is 6.03 Å². The first-order valence-electron chi connectivity index (χ1n) is 9.13. The highest BCUT2D eigenvalue weighted by molar-refractivity contribution is 5.79. The van der Waals surface area contributed by atoms with Crippen LogP contribution in [-0.2, 0) is 4.79 Å². The van der Waals surface area contributed by atoms with Crippen molar-refractivity contribution in [1.82, 2.24) is 15.5 Å². The summed E-state index contributed by atoms with van der Waals surface area (Å²) < 4.78 is 0. The molecule has 0 saturated carbocycles. The number of benzene rings is 2. The van der Waals surface area contributed by atoms with Crippen LogP contribution in [0.1, 0.15) is 29.9 Å². The third-order valence-corrected chi connectivity index (χ3v) is 4.71. The number of carbonyl (C=O) groups is 2. The van der Waals surface area contributed by atoms with E-state index in [1.54, 1.807) is 4.90 Å². The molecular weight excluding hydrogens is 326 g/mol. The van der Waals surface area contributed by atoms with Gasteiger partial charge in [-0.15, -0.1) is 0 Å². The summed E-state index contributed by atoms with van der Waals surface area (Å²) in [5.74, 6) is 0.249. The Bertz CT molecular complexity index is 679. The van der Waals surface area contributed by atoms with E-state index in [0.717, 1.165) is 6.42 Å². The molecule has 5 heteroatoms. The van der Waals surface area contributed by atoms with Gasteiger partial charge in [-0.1, -0.05) is 60.7 Å². The average Bonchev–Trinajstić information content (AvgIpc) is 2.91. The minimum absolute atomic E-state index is 0.00789. The van der Waals surface area contributed by atoms with E-state index in [-0.39, 0.29) is 17.9 Å². The Kier molecular flexibility index (Phi) is 6.25. The lowest BCUT2D eigenvalue weighted by Gasteiger charge is -2.22. The van der Waals surface area contributed by atoms with Gasteiger partial charge in [-0.3, -0.25) is 4.79 Å². The smallest absolute Gasteiger partial charge is 0.317 e. The van der Waals surface area contributed by atoms with Crippen molar-refractivity contribution < 1.29 is 9.59 Å². The van der Waals surface area contributed by atoms with Gasteiger partial charge in [-0.25, -0.2) is 4.79 Å². The second-order valence-electron chi connectivity index (χ2n) is 6.48. The minimum atomic E-state index is -0.0960. The van der Waals surface area contributed by atoms with E-state index < -0.39 is 0 Å². The summed E-state index contributed by atoms with van der Waals surface area (Å²) in [6.45, 7) is 2.13. The lowest BCUT2D eigenvalue weighted by Crippen LogP contribution is -2.42. The maximum Gasteiger partial charge on any atom is 0.317 e. The number of nitrogens with zero attached hydrogens (tertiary/aromatic N) is 1. The maximum absolute atomic E-state index is 12.4. The highest BCUT2D eigenvalue weighted by Gasteiger charge is 2.19. The van der Waals surface area contributed by atoms with Crippen LogP contribution in [0.5, 0.6) is 0 Å². The van der Waals surface area contributed by atoms with E-state index >= 15 is 0 Å². The Morgan fingerprint density at radius 1 is 1.00 bits per heavy atom. The molecule has 2 aromatic carbocycles. The molecule has 0 bridgehead atoms. The van der Waals surface area contributed by atoms with Crippen molar-refractivity contribution in [2.45, 2.75) is 18.8 Å². The van der Waals surface area contributed by atoms with Crippen molar-refractivity contribution in [2.24, 2.45) is 0 Å². The fourth-order valence-corrected chi connectivity index (χ4v) is 3.30. The maximum atomic E-state index is 12.4. The van der Waals surface area contributed by atoms with Crippen LogP contribution < -0.4 is 10.6 Å². The fourth-order valence-electron chi connectivity index (χ4n) is 3.30. The molecule has 0 unspecified atom stereocenters. The Morgan fingerprint density at radius 3 is 2.23 bits per heavy atom. The third kappa shape index (κ3) is 4.85. The molecule has 1 fully saturated rings. The zero-order valence-corrected chi connectivity index (χ0v) is 14.9. The first kappa shape index (κ1) is 18.0. The van der Waals surface area contributed by atoms with Crippen molar-refractivity contribution in [3.63, 3.8) is 0 Å². The molecule has 0 spiro atoms. The van der Waals surface area contributed by atoms with E-state index in [1.807, 2.05) is 36.4 Å². The van der Waals surface area contributed by atoms with Crippen molar-refractivity contribution in [3.05, 3.63) is 71.8 Å². The normalized spacial score (nSPS) is 14.7. The summed E-state index contributed by atoms with van der Waals surface area (Å²) in [6, 6.07) is 20.6. The van der Waals surface area contributed by atoms with Crippen LogP contribution in [0.25, 0.3) is 0 Å². The topological polar surface area (TPSA) is 61.4 Å². The second-order valence-corrected chi connectivity index (χ2v) is 6.48. The number of rotatable bonds is 5. The van der Waals surface area contributed by atoms with E-state index in [0.29, 0.717) is 32.6 Å². The quantitative estimate of drug-likeness (QED) is 0.870. The SMILES string of the molecule is O=C1CCN(C(=O)NCCC(c2ccccc2)c2ccccc2)CCN1. The summed E-state index contributed by atoms with van der Waals surface area (Å²) in [5, 5.41) is 5.80. The minimum Gasteiger partial charge on any atom is -0.354 e. The first-order valence-corrected chi connectivity index (χ1v) is 9.13.